The maximum Gasteiger partial charge on any atom is 4.00 e. The maximum absolute atomic E-state index is 10.2. The smallest absolute Gasteiger partial charge is 0.693 e. The third-order valence-corrected chi connectivity index (χ3v) is 1.28. The van der Waals surface area contributed by atoms with Gasteiger partial charge in [-0.1, -0.05) is 12.1 Å². The molecule has 17 heavy (non-hydrogen) atoms. The Morgan fingerprint density at radius 3 is 1.18 bits per heavy atom. The number of nitro groups is 2. The van der Waals surface area contributed by atoms with Crippen LogP contribution in [0.4, 0.5) is 11.4 Å². The van der Waals surface area contributed by atoms with Crippen molar-refractivity contribution in [1.82, 2.24) is 0 Å². The van der Waals surface area contributed by atoms with Crippen molar-refractivity contribution in [3.05, 3.63) is 69.1 Å². The van der Waals surface area contributed by atoms with Gasteiger partial charge in [-0.2, -0.15) is 0 Å². The summed E-state index contributed by atoms with van der Waals surface area (Å²) in [6.07, 6.45) is 0. The first-order valence-electron chi connectivity index (χ1n) is 3.00. The molecule has 0 aliphatic heterocycles. The first kappa shape index (κ1) is 29.6. The first-order chi connectivity index (χ1) is 5.63. The maximum atomic E-state index is 10.2. The predicted molar refractivity (Wildman–Crippen MR) is 60.9 cm³/mol. The van der Waals surface area contributed by atoms with Crippen LogP contribution in [-0.4, -0.2) is 9.85 Å². The van der Waals surface area contributed by atoms with Crippen molar-refractivity contribution in [2.75, 3.05) is 0 Å². The molecule has 0 bridgehead atoms. The van der Waals surface area contributed by atoms with Gasteiger partial charge in [0.05, 0.1) is 9.85 Å². The Kier molecular flexibility index (Phi) is 22.0. The van der Waals surface area contributed by atoms with Gasteiger partial charge in [0.2, 0.25) is 0 Å². The second-order valence-corrected chi connectivity index (χ2v) is 2.00. The first-order valence-corrected chi connectivity index (χ1v) is 3.00. The van der Waals surface area contributed by atoms with Gasteiger partial charge in [-0.05, 0) is 0 Å². The van der Waals surface area contributed by atoms with Crippen molar-refractivity contribution in [2.45, 2.75) is 0 Å². The summed E-state index contributed by atoms with van der Waals surface area (Å²) < 4.78 is 0. The summed E-state index contributed by atoms with van der Waals surface area (Å²) in [5.41, 5.74) is -0.968. The van der Waals surface area contributed by atoms with Crippen LogP contribution in [0.1, 0.15) is 0 Å². The molecule has 1 aromatic carbocycles. The Labute approximate surface area is 112 Å². The molecular formula is C6H12N6O4Pt. The van der Waals surface area contributed by atoms with Crippen LogP contribution < -0.4 is 0 Å². The van der Waals surface area contributed by atoms with Crippen molar-refractivity contribution in [3.8, 4) is 0 Å². The summed E-state index contributed by atoms with van der Waals surface area (Å²) in [7, 11) is 0. The van der Waals surface area contributed by atoms with Crippen LogP contribution in [0.2, 0.25) is 0 Å². The third kappa shape index (κ3) is 7.44. The van der Waals surface area contributed by atoms with Crippen LogP contribution in [0, 0.1) is 20.2 Å². The van der Waals surface area contributed by atoms with E-state index in [0.717, 1.165) is 12.1 Å². The average molecular weight is 427 g/mol. The molecule has 100 valence electrons. The standard InChI is InChI=1S/C6H4N2O4.4H2N.Pt/c9-7(10)5-3-1-2-4-6(5)8(11)12;;;;;/h1-4H;4*1H2;/q;4*-1;+4. The van der Waals surface area contributed by atoms with Crippen LogP contribution in [0.25, 0.3) is 24.6 Å². The van der Waals surface area contributed by atoms with E-state index in [-0.39, 0.29) is 45.7 Å². The normalized spacial score (nSPS) is 6.59. The van der Waals surface area contributed by atoms with Gasteiger partial charge in [0, 0.05) is 12.1 Å². The van der Waals surface area contributed by atoms with E-state index in [1.807, 2.05) is 0 Å². The topological polar surface area (TPSA) is 220 Å². The summed E-state index contributed by atoms with van der Waals surface area (Å²) in [5.74, 6) is 0. The molecule has 0 fully saturated rings. The van der Waals surface area contributed by atoms with E-state index in [9.17, 15) is 20.2 Å². The monoisotopic (exact) mass is 427 g/mol. The van der Waals surface area contributed by atoms with Crippen LogP contribution in [-0.2, 0) is 21.1 Å². The molecule has 10 nitrogen and oxygen atoms in total. The molecule has 11 heteroatoms. The molecular weight excluding hydrogens is 415 g/mol. The molecule has 0 aromatic heterocycles. The van der Waals surface area contributed by atoms with Gasteiger partial charge in [0.15, 0.2) is 0 Å². The van der Waals surface area contributed by atoms with Crippen molar-refractivity contribution in [1.29, 1.82) is 0 Å². The molecule has 8 N–H and O–H groups in total. The van der Waals surface area contributed by atoms with Crippen LogP contribution in [0.15, 0.2) is 24.3 Å². The Morgan fingerprint density at radius 1 is 0.765 bits per heavy atom. The zero-order valence-corrected chi connectivity index (χ0v) is 10.7. The quantitative estimate of drug-likeness (QED) is 0.495. The third-order valence-electron chi connectivity index (χ3n) is 1.28. The van der Waals surface area contributed by atoms with E-state index in [0.29, 0.717) is 0 Å². The van der Waals surface area contributed by atoms with Crippen LogP contribution in [0.3, 0.4) is 0 Å². The van der Waals surface area contributed by atoms with E-state index in [2.05, 4.69) is 0 Å². The molecule has 0 atom stereocenters. The molecule has 0 radical (unpaired) electrons. The Balaban J connectivity index is -0.0000000960. The van der Waals surface area contributed by atoms with Gasteiger partial charge in [-0.15, -0.1) is 0 Å². The van der Waals surface area contributed by atoms with E-state index in [1.54, 1.807) is 0 Å². The van der Waals surface area contributed by atoms with Gasteiger partial charge < -0.3 is 24.6 Å². The molecule has 0 spiro atoms. The van der Waals surface area contributed by atoms with Crippen molar-refractivity contribution in [2.24, 2.45) is 0 Å². The number of benzene rings is 1. The molecule has 1 aromatic rings. The summed E-state index contributed by atoms with van der Waals surface area (Å²) in [4.78, 5) is 18.9. The number of rotatable bonds is 2. The Morgan fingerprint density at radius 2 is 1.00 bits per heavy atom. The number of para-hydroxylation sites is 2. The van der Waals surface area contributed by atoms with E-state index < -0.39 is 21.2 Å². The molecule has 0 unspecified atom stereocenters. The van der Waals surface area contributed by atoms with E-state index in [1.165, 1.54) is 12.1 Å². The van der Waals surface area contributed by atoms with Crippen molar-refractivity contribution >= 4 is 11.4 Å². The fourth-order valence-corrected chi connectivity index (χ4v) is 0.773. The Hall–Kier alpha value is -1.45. The molecule has 0 heterocycles. The second kappa shape index (κ2) is 12.6. The largest absolute Gasteiger partial charge is 4.00 e. The summed E-state index contributed by atoms with van der Waals surface area (Å²) in [6.45, 7) is 0. The van der Waals surface area contributed by atoms with E-state index in [4.69, 9.17) is 0 Å². The summed E-state index contributed by atoms with van der Waals surface area (Å²) in [5, 5.41) is 20.5. The van der Waals surface area contributed by atoms with Crippen LogP contribution >= 0.6 is 0 Å². The fourth-order valence-electron chi connectivity index (χ4n) is 0.773. The van der Waals surface area contributed by atoms with Gasteiger partial charge >= 0.3 is 32.4 Å². The number of nitro benzene ring substituents is 2. The summed E-state index contributed by atoms with van der Waals surface area (Å²) >= 11 is 0. The number of nitrogens with zero attached hydrogens (tertiary/aromatic N) is 2. The molecule has 0 aliphatic carbocycles. The van der Waals surface area contributed by atoms with Crippen LogP contribution in [0.5, 0.6) is 0 Å². The van der Waals surface area contributed by atoms with E-state index >= 15 is 0 Å². The SMILES string of the molecule is O=[N+]([O-])c1ccccc1[N+](=O)[O-].[NH2-].[NH2-].[NH2-].[NH2-].[Pt+4]. The molecule has 0 saturated heterocycles. The zero-order valence-electron chi connectivity index (χ0n) is 8.46. The van der Waals surface area contributed by atoms with Gasteiger partial charge in [-0.3, -0.25) is 20.2 Å². The predicted octanol–water partition coefficient (Wildman–Crippen LogP) is 4.37. The zero-order chi connectivity index (χ0) is 9.14. The minimum atomic E-state index is -0.780. The Bertz CT molecular complexity index is 316. The van der Waals surface area contributed by atoms with Gasteiger partial charge in [0.25, 0.3) is 0 Å². The van der Waals surface area contributed by atoms with Gasteiger partial charge in [-0.25, -0.2) is 0 Å². The molecule has 0 saturated carbocycles. The average Bonchev–Trinajstić information content (AvgIpc) is 2.04. The number of hydrogen-bond donors (Lipinski definition) is 0. The van der Waals surface area contributed by atoms with Crippen molar-refractivity contribution in [3.63, 3.8) is 0 Å². The summed E-state index contributed by atoms with van der Waals surface area (Å²) in [6, 6.07) is 4.95. The number of hydrogen-bond acceptors (Lipinski definition) is 4. The molecule has 0 aliphatic rings. The molecule has 0 amide bonds. The minimum Gasteiger partial charge on any atom is -0.693 e. The second-order valence-electron chi connectivity index (χ2n) is 2.00. The van der Waals surface area contributed by atoms with Gasteiger partial charge in [0.1, 0.15) is 0 Å². The van der Waals surface area contributed by atoms with Crippen molar-refractivity contribution < 1.29 is 30.9 Å². The fraction of sp³-hybridized carbons (Fsp3) is 0. The minimum absolute atomic E-state index is 0. The number of nitrogens with two attached hydrogens (primary N) is 4. The molecule has 1 rings (SSSR count).